The number of sulfonamides is 1. The highest BCUT2D eigenvalue weighted by molar-refractivity contribution is 7.90. The van der Waals surface area contributed by atoms with Gasteiger partial charge in [0, 0.05) is 6.54 Å². The van der Waals surface area contributed by atoms with Crippen molar-refractivity contribution in [1.82, 2.24) is 5.43 Å². The second kappa shape index (κ2) is 7.13. The van der Waals surface area contributed by atoms with Gasteiger partial charge in [0.2, 0.25) is 0 Å². The molecule has 1 unspecified atom stereocenters. The fraction of sp³-hybridized carbons (Fsp3) is 0.105. The number of anilines is 2. The van der Waals surface area contributed by atoms with Crippen LogP contribution < -0.4 is 15.8 Å². The van der Waals surface area contributed by atoms with Crippen LogP contribution >= 0.6 is 22.7 Å². The number of thiophene rings is 2. The first-order valence-corrected chi connectivity index (χ1v) is 12.1. The zero-order chi connectivity index (χ0) is 20.9. The van der Waals surface area contributed by atoms with E-state index in [4.69, 9.17) is 0 Å². The lowest BCUT2D eigenvalue weighted by molar-refractivity contribution is -0.120. The van der Waals surface area contributed by atoms with Gasteiger partial charge in [0.15, 0.2) is 11.7 Å². The second-order valence-electron chi connectivity index (χ2n) is 6.65. The maximum atomic E-state index is 13.3. The van der Waals surface area contributed by atoms with Gasteiger partial charge in [-0.05, 0) is 46.0 Å². The Bertz CT molecular complexity index is 1290. The number of nitrogens with zero attached hydrogens (tertiary/aromatic N) is 2. The van der Waals surface area contributed by atoms with Crippen molar-refractivity contribution in [1.29, 1.82) is 0 Å². The highest BCUT2D eigenvalue weighted by atomic mass is 32.2. The third kappa shape index (κ3) is 3.06. The van der Waals surface area contributed by atoms with E-state index in [0.29, 0.717) is 17.1 Å². The van der Waals surface area contributed by atoms with E-state index in [0.717, 1.165) is 5.56 Å². The molecule has 3 aromatic rings. The molecule has 0 radical (unpaired) electrons. The summed E-state index contributed by atoms with van der Waals surface area (Å²) >= 11 is 2.74. The van der Waals surface area contributed by atoms with Crippen molar-refractivity contribution in [2.24, 2.45) is 10.3 Å². The molecule has 1 aromatic carbocycles. The molecule has 2 aliphatic rings. The van der Waals surface area contributed by atoms with Crippen molar-refractivity contribution in [3.8, 4) is 0 Å². The number of hydrogen-bond donors (Lipinski definition) is 2. The summed E-state index contributed by atoms with van der Waals surface area (Å²) in [6.45, 7) is 0.381. The summed E-state index contributed by atoms with van der Waals surface area (Å²) in [4.78, 5) is 26.8. The zero-order valence-corrected chi connectivity index (χ0v) is 17.7. The average molecular weight is 459 g/mol. The number of amides is 1. The molecule has 30 heavy (non-hydrogen) atoms. The van der Waals surface area contributed by atoms with Crippen LogP contribution in [-0.2, 0) is 21.4 Å². The lowest BCUT2D eigenvalue weighted by Gasteiger charge is -2.33. The fourth-order valence-corrected chi connectivity index (χ4v) is 6.05. The molecule has 8 nitrogen and oxygen atoms in total. The first-order valence-electron chi connectivity index (χ1n) is 8.87. The van der Waals surface area contributed by atoms with Crippen LogP contribution in [0.1, 0.15) is 15.2 Å². The van der Waals surface area contributed by atoms with Gasteiger partial charge in [-0.2, -0.15) is 19.8 Å². The predicted octanol–water partition coefficient (Wildman–Crippen LogP) is 2.87. The number of benzene rings is 1. The number of Topliss-reactive ketones (excluding diaryl/α,β-unsaturated/α-hetero) is 1. The number of carbonyl (C=O) groups is 2. The van der Waals surface area contributed by atoms with Crippen LogP contribution in [0, 0.1) is 5.92 Å². The summed E-state index contributed by atoms with van der Waals surface area (Å²) in [6.07, 6.45) is 0. The number of rotatable bonds is 4. The quantitative estimate of drug-likeness (QED) is 0.582. The molecule has 0 spiro atoms. The Morgan fingerprint density at radius 3 is 2.77 bits per heavy atom. The van der Waals surface area contributed by atoms with Gasteiger partial charge in [0.05, 0.1) is 16.3 Å². The summed E-state index contributed by atoms with van der Waals surface area (Å²) < 4.78 is 29.0. The molecule has 5 rings (SSSR count). The Labute approximate surface area is 179 Å². The van der Waals surface area contributed by atoms with Crippen molar-refractivity contribution in [3.05, 3.63) is 63.0 Å². The largest absolute Gasteiger partial charge is 0.341 e. The Morgan fingerprint density at radius 1 is 1.13 bits per heavy atom. The van der Waals surface area contributed by atoms with Crippen molar-refractivity contribution in [2.45, 2.75) is 11.4 Å². The summed E-state index contributed by atoms with van der Waals surface area (Å²) in [6, 6.07) is 9.87. The molecule has 1 atom stereocenters. The molecule has 2 aromatic heterocycles. The van der Waals surface area contributed by atoms with E-state index in [1.165, 1.54) is 33.7 Å². The van der Waals surface area contributed by atoms with Gasteiger partial charge < -0.3 is 5.32 Å². The standard InChI is InChI=1S/C19H14N4O4S3/c24-16-15(18-21-12-3-1-2-4-14(12)30(26,27)22-18)19(25)23(13-6-8-29-17(13)16)20-9-11-5-7-28-10-11/h1-8,10,15,20H,9H2,(H,21,22). The topological polar surface area (TPSA) is 108 Å². The van der Waals surface area contributed by atoms with Crippen molar-refractivity contribution >= 4 is 61.6 Å². The Balaban J connectivity index is 1.54. The summed E-state index contributed by atoms with van der Waals surface area (Å²) in [5.41, 5.74) is 4.80. The lowest BCUT2D eigenvalue weighted by atomic mass is 9.95. The van der Waals surface area contributed by atoms with E-state index in [9.17, 15) is 18.0 Å². The molecule has 152 valence electrons. The van der Waals surface area contributed by atoms with Gasteiger partial charge in [-0.15, -0.1) is 15.7 Å². The van der Waals surface area contributed by atoms with Gasteiger partial charge in [-0.3, -0.25) is 9.59 Å². The van der Waals surface area contributed by atoms with Crippen LogP contribution in [0.4, 0.5) is 11.4 Å². The number of hydrogen-bond acceptors (Lipinski definition) is 8. The van der Waals surface area contributed by atoms with Crippen LogP contribution in [-0.4, -0.2) is 25.9 Å². The number of carbonyl (C=O) groups excluding carboxylic acids is 2. The smallest absolute Gasteiger partial charge is 0.286 e. The highest BCUT2D eigenvalue weighted by Gasteiger charge is 2.45. The van der Waals surface area contributed by atoms with Gasteiger partial charge in [-0.25, -0.2) is 10.4 Å². The summed E-state index contributed by atoms with van der Waals surface area (Å²) in [7, 11) is -4.03. The zero-order valence-electron chi connectivity index (χ0n) is 15.2. The highest BCUT2D eigenvalue weighted by Crippen LogP contribution is 2.36. The van der Waals surface area contributed by atoms with Gasteiger partial charge in [-0.1, -0.05) is 12.1 Å². The number of amidine groups is 1. The van der Waals surface area contributed by atoms with Crippen LogP contribution in [0.5, 0.6) is 0 Å². The second-order valence-corrected chi connectivity index (χ2v) is 9.91. The van der Waals surface area contributed by atoms with E-state index >= 15 is 0 Å². The average Bonchev–Trinajstić information content (AvgIpc) is 3.40. The van der Waals surface area contributed by atoms with Crippen molar-refractivity contribution in [2.75, 3.05) is 10.3 Å². The normalized spacial score (nSPS) is 19.7. The lowest BCUT2D eigenvalue weighted by Crippen LogP contribution is -2.54. The minimum Gasteiger partial charge on any atom is -0.341 e. The van der Waals surface area contributed by atoms with E-state index in [1.807, 2.05) is 16.8 Å². The summed E-state index contributed by atoms with van der Waals surface area (Å²) in [5.74, 6) is -2.62. The molecular formula is C19H14N4O4S3. The number of fused-ring (bicyclic) bond motifs is 2. The molecule has 0 fully saturated rings. The van der Waals surface area contributed by atoms with E-state index in [2.05, 4.69) is 15.1 Å². The van der Waals surface area contributed by atoms with Gasteiger partial charge >= 0.3 is 0 Å². The van der Waals surface area contributed by atoms with Gasteiger partial charge in [0.1, 0.15) is 10.7 Å². The van der Waals surface area contributed by atoms with E-state index in [-0.39, 0.29) is 16.4 Å². The predicted molar refractivity (Wildman–Crippen MR) is 115 cm³/mol. The fourth-order valence-electron chi connectivity index (χ4n) is 3.38. The number of hydrazine groups is 1. The molecule has 0 saturated carbocycles. The molecule has 4 heterocycles. The molecule has 0 aliphatic carbocycles. The van der Waals surface area contributed by atoms with Crippen LogP contribution in [0.15, 0.2) is 61.8 Å². The maximum absolute atomic E-state index is 13.3. The Morgan fingerprint density at radius 2 is 1.97 bits per heavy atom. The number of ketones is 1. The molecule has 2 N–H and O–H groups in total. The first-order chi connectivity index (χ1) is 14.5. The van der Waals surface area contributed by atoms with Crippen LogP contribution in [0.3, 0.4) is 0 Å². The van der Waals surface area contributed by atoms with Crippen molar-refractivity contribution in [3.63, 3.8) is 0 Å². The molecule has 2 aliphatic heterocycles. The molecular weight excluding hydrogens is 444 g/mol. The molecule has 0 bridgehead atoms. The third-order valence-corrected chi connectivity index (χ3v) is 7.78. The molecule has 0 saturated heterocycles. The minimum absolute atomic E-state index is 0.00806. The summed E-state index contributed by atoms with van der Waals surface area (Å²) in [5, 5.41) is 9.80. The van der Waals surface area contributed by atoms with E-state index in [1.54, 1.807) is 29.6 Å². The Kier molecular flexibility index (Phi) is 4.54. The number of para-hydroxylation sites is 1. The van der Waals surface area contributed by atoms with Gasteiger partial charge in [0.25, 0.3) is 15.9 Å². The monoisotopic (exact) mass is 458 g/mol. The first kappa shape index (κ1) is 19.1. The molecule has 1 amide bonds. The Hall–Kier alpha value is -2.86. The molecule has 11 heteroatoms. The van der Waals surface area contributed by atoms with Crippen molar-refractivity contribution < 1.29 is 18.0 Å². The van der Waals surface area contributed by atoms with Crippen LogP contribution in [0.25, 0.3) is 0 Å². The maximum Gasteiger partial charge on any atom is 0.286 e. The SMILES string of the molecule is O=C1c2sccc2N(NCc2ccsc2)C(=O)C1C1=NS(=O)(=O)c2ccccc2N1. The number of nitrogens with one attached hydrogen (secondary N) is 2. The van der Waals surface area contributed by atoms with E-state index < -0.39 is 27.6 Å². The third-order valence-electron chi connectivity index (χ3n) is 4.78. The van der Waals surface area contributed by atoms with Crippen LogP contribution in [0.2, 0.25) is 0 Å². The minimum atomic E-state index is -4.03.